The first-order chi connectivity index (χ1) is 12.2. The molecule has 1 amide bonds. The van der Waals surface area contributed by atoms with E-state index in [0.29, 0.717) is 17.0 Å². The van der Waals surface area contributed by atoms with Crippen molar-refractivity contribution in [3.63, 3.8) is 0 Å². The van der Waals surface area contributed by atoms with Crippen molar-refractivity contribution in [1.82, 2.24) is 15.6 Å². The molecule has 0 saturated carbocycles. The minimum atomic E-state index is -0.431. The molecule has 7 heteroatoms. The van der Waals surface area contributed by atoms with E-state index in [1.807, 2.05) is 18.2 Å². The number of carbonyl (C=O) groups excluding carboxylic acids is 1. The summed E-state index contributed by atoms with van der Waals surface area (Å²) in [4.78, 5) is 12.1. The number of nitrogens with zero attached hydrogens (tertiary/aromatic N) is 2. The molecule has 0 unspecified atom stereocenters. The molecule has 0 atom stereocenters. The highest BCUT2D eigenvalue weighted by molar-refractivity contribution is 5.94. The molecule has 2 N–H and O–H groups in total. The fourth-order valence-electron chi connectivity index (χ4n) is 2.15. The van der Waals surface area contributed by atoms with Gasteiger partial charge in [-0.25, -0.2) is 9.82 Å². The Morgan fingerprint density at radius 1 is 1.24 bits per heavy atom. The van der Waals surface area contributed by atoms with Gasteiger partial charge in [0.25, 0.3) is 5.91 Å². The van der Waals surface area contributed by atoms with E-state index in [4.69, 9.17) is 4.74 Å². The lowest BCUT2D eigenvalue weighted by Crippen LogP contribution is -2.18. The first-order valence-electron chi connectivity index (χ1n) is 7.44. The maximum absolute atomic E-state index is 12.9. The molecule has 0 aliphatic carbocycles. The number of methoxy groups -OCH3 is 1. The van der Waals surface area contributed by atoms with Crippen LogP contribution < -0.4 is 10.2 Å². The smallest absolute Gasteiger partial charge is 0.289 e. The van der Waals surface area contributed by atoms with Crippen molar-refractivity contribution < 1.29 is 13.9 Å². The van der Waals surface area contributed by atoms with Crippen molar-refractivity contribution in [1.29, 1.82) is 0 Å². The molecular formula is C18H15FN4O2. The second-order valence-corrected chi connectivity index (χ2v) is 5.15. The molecule has 0 bridgehead atoms. The highest BCUT2D eigenvalue weighted by atomic mass is 19.1. The molecule has 126 valence electrons. The summed E-state index contributed by atoms with van der Waals surface area (Å²) in [6, 6.07) is 14.7. The number of amides is 1. The standard InChI is InChI=1S/C18H15FN4O2/c1-25-15-4-2-3-12(9-15)11-20-23-18(24)17-10-16(21-22-17)13-5-7-14(19)8-6-13/h2-11H,1H3,(H,21,22)(H,23,24)/b20-11-. The first-order valence-corrected chi connectivity index (χ1v) is 7.44. The van der Waals surface area contributed by atoms with Crippen LogP contribution in [0.5, 0.6) is 5.75 Å². The summed E-state index contributed by atoms with van der Waals surface area (Å²) in [6.45, 7) is 0. The Bertz CT molecular complexity index is 903. The van der Waals surface area contributed by atoms with Gasteiger partial charge < -0.3 is 4.74 Å². The second-order valence-electron chi connectivity index (χ2n) is 5.15. The van der Waals surface area contributed by atoms with Crippen LogP contribution in [0.3, 0.4) is 0 Å². The fraction of sp³-hybridized carbons (Fsp3) is 0.0556. The zero-order valence-corrected chi connectivity index (χ0v) is 13.4. The fourth-order valence-corrected chi connectivity index (χ4v) is 2.15. The summed E-state index contributed by atoms with van der Waals surface area (Å²) in [7, 11) is 1.58. The van der Waals surface area contributed by atoms with Crippen molar-refractivity contribution in [2.75, 3.05) is 7.11 Å². The van der Waals surface area contributed by atoms with Crippen LogP contribution in [0.25, 0.3) is 11.3 Å². The Morgan fingerprint density at radius 3 is 2.80 bits per heavy atom. The highest BCUT2D eigenvalue weighted by Gasteiger charge is 2.10. The molecule has 25 heavy (non-hydrogen) atoms. The molecule has 0 fully saturated rings. The number of hydrazone groups is 1. The molecule has 2 aromatic carbocycles. The molecule has 0 aliphatic rings. The molecule has 0 aliphatic heterocycles. The molecule has 3 aromatic rings. The minimum absolute atomic E-state index is 0.252. The molecule has 0 saturated heterocycles. The maximum atomic E-state index is 12.9. The van der Waals surface area contributed by atoms with Crippen LogP contribution in [0, 0.1) is 5.82 Å². The van der Waals surface area contributed by atoms with Gasteiger partial charge in [-0.05, 0) is 48.0 Å². The van der Waals surface area contributed by atoms with Crippen LogP contribution in [0.15, 0.2) is 59.7 Å². The van der Waals surface area contributed by atoms with E-state index >= 15 is 0 Å². The van der Waals surface area contributed by atoms with Gasteiger partial charge in [0.2, 0.25) is 0 Å². The third-order valence-electron chi connectivity index (χ3n) is 3.44. The molecule has 3 rings (SSSR count). The lowest BCUT2D eigenvalue weighted by atomic mass is 10.1. The highest BCUT2D eigenvalue weighted by Crippen LogP contribution is 2.18. The summed E-state index contributed by atoms with van der Waals surface area (Å²) in [5.41, 5.74) is 4.71. The van der Waals surface area contributed by atoms with Gasteiger partial charge in [-0.1, -0.05) is 12.1 Å². The number of halogens is 1. The molecule has 1 heterocycles. The van der Waals surface area contributed by atoms with Crippen LogP contribution in [-0.2, 0) is 0 Å². The van der Waals surface area contributed by atoms with Gasteiger partial charge >= 0.3 is 0 Å². The van der Waals surface area contributed by atoms with Gasteiger partial charge in [0.05, 0.1) is 19.0 Å². The number of H-pyrrole nitrogens is 1. The SMILES string of the molecule is COc1cccc(/C=N\NC(=O)c2cc(-c3ccc(F)cc3)n[nH]2)c1. The average molecular weight is 338 g/mol. The Labute approximate surface area is 143 Å². The largest absolute Gasteiger partial charge is 0.497 e. The van der Waals surface area contributed by atoms with E-state index in [1.54, 1.807) is 31.4 Å². The second kappa shape index (κ2) is 7.39. The predicted octanol–water partition coefficient (Wildman–Crippen LogP) is 2.99. The Balaban J connectivity index is 1.65. The van der Waals surface area contributed by atoms with E-state index in [1.165, 1.54) is 18.3 Å². The van der Waals surface area contributed by atoms with Gasteiger partial charge in [0.15, 0.2) is 0 Å². The third-order valence-corrected chi connectivity index (χ3v) is 3.44. The number of carbonyl (C=O) groups is 1. The van der Waals surface area contributed by atoms with Gasteiger partial charge in [0, 0.05) is 5.56 Å². The van der Waals surface area contributed by atoms with E-state index in [0.717, 1.165) is 5.56 Å². The summed E-state index contributed by atoms with van der Waals surface area (Å²) < 4.78 is 18.1. The van der Waals surface area contributed by atoms with Gasteiger partial charge in [-0.15, -0.1) is 0 Å². The number of nitrogens with one attached hydrogen (secondary N) is 2. The Hall–Kier alpha value is -3.48. The van der Waals surface area contributed by atoms with E-state index < -0.39 is 5.91 Å². The lowest BCUT2D eigenvalue weighted by Gasteiger charge is -2.00. The van der Waals surface area contributed by atoms with E-state index in [9.17, 15) is 9.18 Å². The van der Waals surface area contributed by atoms with Crippen molar-refractivity contribution in [2.24, 2.45) is 5.10 Å². The summed E-state index contributed by atoms with van der Waals surface area (Å²) >= 11 is 0. The zero-order chi connectivity index (χ0) is 17.6. The molecule has 1 aromatic heterocycles. The Kier molecular flexibility index (Phi) is 4.84. The van der Waals surface area contributed by atoms with Gasteiger partial charge in [0.1, 0.15) is 17.3 Å². The number of aromatic amines is 1. The number of aromatic nitrogens is 2. The number of hydrogen-bond acceptors (Lipinski definition) is 4. The Morgan fingerprint density at radius 2 is 2.04 bits per heavy atom. The first kappa shape index (κ1) is 16.4. The molecular weight excluding hydrogens is 323 g/mol. The minimum Gasteiger partial charge on any atom is -0.497 e. The topological polar surface area (TPSA) is 79.4 Å². The van der Waals surface area contributed by atoms with Gasteiger partial charge in [-0.2, -0.15) is 10.2 Å². The number of ether oxygens (including phenoxy) is 1. The molecule has 0 spiro atoms. The van der Waals surface area contributed by atoms with Gasteiger partial charge in [-0.3, -0.25) is 9.89 Å². The van der Waals surface area contributed by atoms with Crippen molar-refractivity contribution >= 4 is 12.1 Å². The maximum Gasteiger partial charge on any atom is 0.289 e. The summed E-state index contributed by atoms with van der Waals surface area (Å²) in [5.74, 6) is -0.0584. The summed E-state index contributed by atoms with van der Waals surface area (Å²) in [5, 5.41) is 10.6. The average Bonchev–Trinajstić information content (AvgIpc) is 3.12. The normalized spacial score (nSPS) is 10.8. The monoisotopic (exact) mass is 338 g/mol. The number of benzene rings is 2. The number of rotatable bonds is 5. The van der Waals surface area contributed by atoms with Crippen LogP contribution in [-0.4, -0.2) is 29.4 Å². The zero-order valence-electron chi connectivity index (χ0n) is 13.4. The lowest BCUT2D eigenvalue weighted by molar-refractivity contribution is 0.0950. The molecule has 6 nitrogen and oxygen atoms in total. The quantitative estimate of drug-likeness (QED) is 0.554. The van der Waals surface area contributed by atoms with Crippen LogP contribution in [0.4, 0.5) is 4.39 Å². The predicted molar refractivity (Wildman–Crippen MR) is 92.0 cm³/mol. The van der Waals surface area contributed by atoms with Crippen molar-refractivity contribution in [3.8, 4) is 17.0 Å². The van der Waals surface area contributed by atoms with Crippen LogP contribution in [0.2, 0.25) is 0 Å². The van der Waals surface area contributed by atoms with Crippen LogP contribution >= 0.6 is 0 Å². The summed E-state index contributed by atoms with van der Waals surface area (Å²) in [6.07, 6.45) is 1.51. The van der Waals surface area contributed by atoms with E-state index in [-0.39, 0.29) is 11.5 Å². The number of hydrogen-bond donors (Lipinski definition) is 2. The van der Waals surface area contributed by atoms with Crippen molar-refractivity contribution in [3.05, 3.63) is 71.7 Å². The van der Waals surface area contributed by atoms with E-state index in [2.05, 4.69) is 20.7 Å². The molecule has 0 radical (unpaired) electrons. The van der Waals surface area contributed by atoms with Crippen molar-refractivity contribution in [2.45, 2.75) is 0 Å². The van der Waals surface area contributed by atoms with Crippen LogP contribution in [0.1, 0.15) is 16.1 Å². The third kappa shape index (κ3) is 4.08.